The number of aliphatic hydroxyl groups excluding tert-OH is 1. The van der Waals surface area contributed by atoms with Crippen LogP contribution in [-0.2, 0) is 33.4 Å². The van der Waals surface area contributed by atoms with Gasteiger partial charge in [-0.05, 0) is 44.2 Å². The van der Waals surface area contributed by atoms with Crippen molar-refractivity contribution >= 4 is 23.7 Å². The molecule has 10 nitrogen and oxygen atoms in total. The Hall–Kier alpha value is -3.24. The molecule has 5 rings (SSSR count). The summed E-state index contributed by atoms with van der Waals surface area (Å²) in [6.45, 7) is 10.5. The fourth-order valence-corrected chi connectivity index (χ4v) is 8.75. The van der Waals surface area contributed by atoms with E-state index in [1.54, 1.807) is 32.9 Å². The number of Topliss-reactive ketones (excluding diaryl/α,β-unsaturated/α-hetero) is 1. The van der Waals surface area contributed by atoms with Crippen molar-refractivity contribution in [3.8, 4) is 0 Å². The van der Waals surface area contributed by atoms with E-state index in [1.165, 1.54) is 25.7 Å². The smallest absolute Gasteiger partial charge is 0.333 e. The SMILES string of the molecule is CC=C(C)C(=O)OC1C2C(=O)C(C)(C(CC(=O)OC)C1(C)C)C1CCC3(C)C(=CC(=O)OC3c3ccoc3)C1(O)C2O. The van der Waals surface area contributed by atoms with E-state index in [1.807, 2.05) is 20.8 Å². The third-order valence-corrected chi connectivity index (χ3v) is 11.1. The van der Waals surface area contributed by atoms with Gasteiger partial charge < -0.3 is 28.8 Å². The molecule has 1 aliphatic heterocycles. The molecule has 3 fully saturated rings. The van der Waals surface area contributed by atoms with Gasteiger partial charge in [-0.1, -0.05) is 33.8 Å². The predicted octanol–water partition coefficient (Wildman–Crippen LogP) is 3.61. The van der Waals surface area contributed by atoms with Crippen molar-refractivity contribution < 1.29 is 48.0 Å². The molecule has 4 aliphatic rings. The van der Waals surface area contributed by atoms with Gasteiger partial charge in [0.25, 0.3) is 0 Å². The van der Waals surface area contributed by atoms with E-state index in [-0.39, 0.29) is 24.2 Å². The predicted molar refractivity (Wildman–Crippen MR) is 147 cm³/mol. The molecule has 2 bridgehead atoms. The normalized spacial score (nSPS) is 40.7. The molecule has 228 valence electrons. The monoisotopic (exact) mass is 584 g/mol. The molecule has 0 radical (unpaired) electrons. The van der Waals surface area contributed by atoms with Gasteiger partial charge in [0, 0.05) is 45.8 Å². The van der Waals surface area contributed by atoms with E-state index in [9.17, 15) is 29.4 Å². The number of carbonyl (C=O) groups is 4. The second-order valence-corrected chi connectivity index (χ2v) is 13.3. The molecular weight excluding hydrogens is 544 g/mol. The van der Waals surface area contributed by atoms with E-state index in [2.05, 4.69) is 0 Å². The van der Waals surface area contributed by atoms with E-state index in [4.69, 9.17) is 18.6 Å². The number of furan rings is 1. The number of esters is 3. The van der Waals surface area contributed by atoms with Gasteiger partial charge in [0.05, 0.1) is 25.6 Å². The minimum atomic E-state index is -2.08. The lowest BCUT2D eigenvalue weighted by atomic mass is 9.36. The van der Waals surface area contributed by atoms with Gasteiger partial charge in [0.1, 0.15) is 29.7 Å². The van der Waals surface area contributed by atoms with Gasteiger partial charge in [-0.3, -0.25) is 9.59 Å². The Labute approximate surface area is 245 Å². The van der Waals surface area contributed by atoms with Crippen LogP contribution in [0.25, 0.3) is 0 Å². The van der Waals surface area contributed by atoms with Gasteiger partial charge in [0.15, 0.2) is 0 Å². The van der Waals surface area contributed by atoms with Crippen LogP contribution < -0.4 is 0 Å². The Morgan fingerprint density at radius 1 is 1.19 bits per heavy atom. The summed E-state index contributed by atoms with van der Waals surface area (Å²) in [5.74, 6) is -5.23. The number of ether oxygens (including phenoxy) is 3. The topological polar surface area (TPSA) is 150 Å². The van der Waals surface area contributed by atoms with Gasteiger partial charge >= 0.3 is 17.9 Å². The molecule has 0 aromatic carbocycles. The van der Waals surface area contributed by atoms with E-state index < -0.39 is 75.8 Å². The minimum Gasteiger partial charge on any atom is -0.472 e. The standard InChI is InChI=1S/C32H40O10/c1-8-16(2)28(37)42-27-23-24(35)31(6,19(29(27,3)4)13-21(33)39-7)18-9-11-30(5)20(32(18,38)25(23)36)14-22(34)41-26(30)17-10-12-40-15-17/h8,10,12,14-15,18-19,23,25-27,36,38H,9,11,13H2,1-7H3. The maximum absolute atomic E-state index is 14.5. The molecule has 3 saturated carbocycles. The summed E-state index contributed by atoms with van der Waals surface area (Å²) in [5.41, 5.74) is -4.19. The number of fused-ring (bicyclic) bond motifs is 6. The van der Waals surface area contributed by atoms with E-state index in [0.29, 0.717) is 17.6 Å². The lowest BCUT2D eigenvalue weighted by Gasteiger charge is -2.69. The van der Waals surface area contributed by atoms with Crippen LogP contribution in [0.4, 0.5) is 0 Å². The van der Waals surface area contributed by atoms with Crippen LogP contribution in [0.5, 0.6) is 0 Å². The van der Waals surface area contributed by atoms with Crippen molar-refractivity contribution in [1.82, 2.24) is 0 Å². The highest BCUT2D eigenvalue weighted by Gasteiger charge is 2.77. The molecule has 3 aliphatic carbocycles. The lowest BCUT2D eigenvalue weighted by molar-refractivity contribution is -0.265. The number of allylic oxidation sites excluding steroid dienone is 1. The first-order chi connectivity index (χ1) is 19.6. The fourth-order valence-electron chi connectivity index (χ4n) is 8.75. The summed E-state index contributed by atoms with van der Waals surface area (Å²) in [4.78, 5) is 53.5. The molecule has 1 aromatic heterocycles. The van der Waals surface area contributed by atoms with Crippen molar-refractivity contribution in [3.05, 3.63) is 47.5 Å². The molecule has 42 heavy (non-hydrogen) atoms. The van der Waals surface area contributed by atoms with E-state index in [0.717, 1.165) is 0 Å². The third kappa shape index (κ3) is 3.90. The van der Waals surface area contributed by atoms with Crippen LogP contribution in [0.15, 0.2) is 46.3 Å². The zero-order chi connectivity index (χ0) is 31.0. The number of ketones is 1. The maximum Gasteiger partial charge on any atom is 0.333 e. The molecule has 1 aromatic rings. The van der Waals surface area contributed by atoms with Crippen molar-refractivity contribution in [2.75, 3.05) is 7.11 Å². The van der Waals surface area contributed by atoms with Crippen molar-refractivity contribution in [2.45, 2.75) is 84.7 Å². The van der Waals surface area contributed by atoms with Crippen molar-refractivity contribution in [1.29, 1.82) is 0 Å². The molecule has 0 spiro atoms. The quantitative estimate of drug-likeness (QED) is 0.299. The van der Waals surface area contributed by atoms with Crippen LogP contribution in [0.2, 0.25) is 0 Å². The zero-order valence-corrected chi connectivity index (χ0v) is 25.1. The van der Waals surface area contributed by atoms with Crippen LogP contribution in [0.1, 0.15) is 72.5 Å². The van der Waals surface area contributed by atoms with Crippen LogP contribution >= 0.6 is 0 Å². The fraction of sp³-hybridized carbons (Fsp3) is 0.625. The maximum atomic E-state index is 14.5. The molecule has 9 atom stereocenters. The third-order valence-electron chi connectivity index (χ3n) is 11.1. The molecule has 10 heteroatoms. The number of carbonyl (C=O) groups excluding carboxylic acids is 4. The highest BCUT2D eigenvalue weighted by Crippen LogP contribution is 2.70. The first-order valence-corrected chi connectivity index (χ1v) is 14.4. The highest BCUT2D eigenvalue weighted by molar-refractivity contribution is 5.94. The number of hydrogen-bond acceptors (Lipinski definition) is 10. The minimum absolute atomic E-state index is 0.173. The van der Waals surface area contributed by atoms with Gasteiger partial charge in [-0.15, -0.1) is 0 Å². The van der Waals surface area contributed by atoms with Crippen LogP contribution in [0, 0.1) is 34.0 Å². The second kappa shape index (κ2) is 9.91. The van der Waals surface area contributed by atoms with E-state index >= 15 is 0 Å². The highest BCUT2D eigenvalue weighted by atomic mass is 16.6. The first-order valence-electron chi connectivity index (χ1n) is 14.4. The number of rotatable bonds is 5. The number of hydrogen-bond donors (Lipinski definition) is 2. The summed E-state index contributed by atoms with van der Waals surface area (Å²) in [6, 6.07) is 1.69. The Morgan fingerprint density at radius 3 is 2.48 bits per heavy atom. The molecule has 0 amide bonds. The molecule has 0 saturated heterocycles. The Bertz CT molecular complexity index is 1370. The summed E-state index contributed by atoms with van der Waals surface area (Å²) in [5, 5.41) is 25.0. The van der Waals surface area contributed by atoms with Gasteiger partial charge in [-0.2, -0.15) is 0 Å². The van der Waals surface area contributed by atoms with Gasteiger partial charge in [0.2, 0.25) is 0 Å². The van der Waals surface area contributed by atoms with Crippen molar-refractivity contribution in [3.63, 3.8) is 0 Å². The zero-order valence-electron chi connectivity index (χ0n) is 25.1. The molecular formula is C32H40O10. The average Bonchev–Trinajstić information content (AvgIpc) is 3.48. The summed E-state index contributed by atoms with van der Waals surface area (Å²) >= 11 is 0. The van der Waals surface area contributed by atoms with Crippen molar-refractivity contribution in [2.24, 2.45) is 34.0 Å². The Balaban J connectivity index is 1.72. The first kappa shape index (κ1) is 30.2. The second-order valence-electron chi connectivity index (χ2n) is 13.3. The largest absolute Gasteiger partial charge is 0.472 e. The number of cyclic esters (lactones) is 1. The number of aliphatic hydroxyl groups is 2. The molecule has 9 unspecified atom stereocenters. The number of methoxy groups -OCH3 is 1. The Kier molecular flexibility index (Phi) is 7.13. The lowest BCUT2D eigenvalue weighted by Crippen LogP contribution is -2.78. The summed E-state index contributed by atoms with van der Waals surface area (Å²) in [6.07, 6.45) is 2.58. The van der Waals surface area contributed by atoms with Gasteiger partial charge in [-0.25, -0.2) is 9.59 Å². The molecule has 2 heterocycles. The summed E-state index contributed by atoms with van der Waals surface area (Å²) < 4.78 is 22.1. The summed E-state index contributed by atoms with van der Waals surface area (Å²) in [7, 11) is 1.26. The van der Waals surface area contributed by atoms with Crippen LogP contribution in [0.3, 0.4) is 0 Å². The van der Waals surface area contributed by atoms with Crippen LogP contribution in [-0.4, -0.2) is 58.8 Å². The Morgan fingerprint density at radius 2 is 1.88 bits per heavy atom. The average molecular weight is 585 g/mol. The molecule has 2 N–H and O–H groups in total.